The third kappa shape index (κ3) is 4.55. The number of benzene rings is 2. The maximum atomic E-state index is 13.7. The topological polar surface area (TPSA) is 61.4 Å². The molecule has 2 N–H and O–H groups in total. The molecule has 2 aromatic rings. The predicted molar refractivity (Wildman–Crippen MR) is 125 cm³/mol. The van der Waals surface area contributed by atoms with Crippen LogP contribution in [0.15, 0.2) is 53.0 Å². The number of nitrogens with zero attached hydrogens (tertiary/aromatic N) is 1. The van der Waals surface area contributed by atoms with E-state index in [0.717, 1.165) is 54.6 Å². The average molecular weight is 482 g/mol. The normalized spacial score (nSPS) is 25.1. The number of hydrogen-bond donors (Lipinski definition) is 2. The summed E-state index contributed by atoms with van der Waals surface area (Å²) in [6, 6.07) is 16.6. The van der Waals surface area contributed by atoms with Crippen LogP contribution in [0.4, 0.5) is 5.69 Å². The quantitative estimate of drug-likeness (QED) is 0.656. The molecule has 0 radical (unpaired) electrons. The van der Waals surface area contributed by atoms with Gasteiger partial charge in [0, 0.05) is 29.2 Å². The maximum absolute atomic E-state index is 13.7. The summed E-state index contributed by atoms with van der Waals surface area (Å²) in [6.07, 6.45) is 3.40. The molecule has 1 saturated carbocycles. The Morgan fingerprint density at radius 1 is 1.06 bits per heavy atom. The Morgan fingerprint density at radius 3 is 2.68 bits per heavy atom. The summed E-state index contributed by atoms with van der Waals surface area (Å²) in [5.41, 5.74) is 3.06. The van der Waals surface area contributed by atoms with Gasteiger partial charge in [0.05, 0.1) is 5.92 Å². The van der Waals surface area contributed by atoms with Gasteiger partial charge >= 0.3 is 0 Å². The second-order valence-corrected chi connectivity index (χ2v) is 10.0. The molecule has 3 atom stereocenters. The molecular formula is C25H28BrN3O2. The Hall–Kier alpha value is -2.18. The molecule has 2 heterocycles. The molecular weight excluding hydrogens is 454 g/mol. The highest BCUT2D eigenvalue weighted by molar-refractivity contribution is 9.10. The minimum atomic E-state index is -0.372. The highest BCUT2D eigenvalue weighted by atomic mass is 79.9. The molecule has 0 unspecified atom stereocenters. The van der Waals surface area contributed by atoms with Crippen LogP contribution in [0, 0.1) is 11.8 Å². The monoisotopic (exact) mass is 481 g/mol. The van der Waals surface area contributed by atoms with Gasteiger partial charge in [0.1, 0.15) is 0 Å². The lowest BCUT2D eigenvalue weighted by Crippen LogP contribution is -2.43. The van der Waals surface area contributed by atoms with E-state index in [1.54, 1.807) is 0 Å². The summed E-state index contributed by atoms with van der Waals surface area (Å²) in [5.74, 6) is 0.616. The third-order valence-electron chi connectivity index (χ3n) is 6.87. The second kappa shape index (κ2) is 8.75. The van der Waals surface area contributed by atoms with Crippen molar-refractivity contribution in [1.82, 2.24) is 10.2 Å². The fourth-order valence-corrected chi connectivity index (χ4v) is 5.54. The van der Waals surface area contributed by atoms with Gasteiger partial charge in [-0.25, -0.2) is 0 Å². The molecule has 31 heavy (non-hydrogen) atoms. The minimum absolute atomic E-state index is 0.0668. The Morgan fingerprint density at radius 2 is 1.87 bits per heavy atom. The van der Waals surface area contributed by atoms with Gasteiger partial charge in [-0.05, 0) is 73.5 Å². The first-order valence-electron chi connectivity index (χ1n) is 11.2. The van der Waals surface area contributed by atoms with E-state index in [1.165, 1.54) is 5.56 Å². The molecule has 1 aliphatic carbocycles. The van der Waals surface area contributed by atoms with Crippen molar-refractivity contribution in [3.63, 3.8) is 0 Å². The third-order valence-corrected chi connectivity index (χ3v) is 7.36. The van der Waals surface area contributed by atoms with Gasteiger partial charge in [-0.15, -0.1) is 0 Å². The van der Waals surface area contributed by atoms with Gasteiger partial charge in [0.15, 0.2) is 0 Å². The van der Waals surface area contributed by atoms with Crippen molar-refractivity contribution in [1.29, 1.82) is 0 Å². The fraction of sp³-hybridized carbons (Fsp3) is 0.440. The van der Waals surface area contributed by atoms with Gasteiger partial charge in [0.2, 0.25) is 11.8 Å². The Kier molecular flexibility index (Phi) is 5.85. The smallest absolute Gasteiger partial charge is 0.230 e. The zero-order valence-corrected chi connectivity index (χ0v) is 19.1. The summed E-state index contributed by atoms with van der Waals surface area (Å²) >= 11 is 3.57. The van der Waals surface area contributed by atoms with Crippen molar-refractivity contribution < 1.29 is 9.59 Å². The van der Waals surface area contributed by atoms with Crippen LogP contribution in [0.3, 0.4) is 0 Å². The molecule has 162 valence electrons. The van der Waals surface area contributed by atoms with E-state index in [2.05, 4.69) is 55.7 Å². The number of carbonyl (C=O) groups excluding carboxylic acids is 2. The van der Waals surface area contributed by atoms with Crippen LogP contribution in [0.25, 0.3) is 0 Å². The summed E-state index contributed by atoms with van der Waals surface area (Å²) in [5, 5.41) is 6.47. The van der Waals surface area contributed by atoms with Crippen LogP contribution in [0.2, 0.25) is 0 Å². The summed E-state index contributed by atoms with van der Waals surface area (Å²) in [7, 11) is 0. The predicted octanol–water partition coefficient (Wildman–Crippen LogP) is 3.94. The molecule has 2 amide bonds. The fourth-order valence-electron chi connectivity index (χ4n) is 5.10. The molecule has 2 aliphatic heterocycles. The van der Waals surface area contributed by atoms with Crippen LogP contribution >= 0.6 is 15.9 Å². The van der Waals surface area contributed by atoms with Crippen molar-refractivity contribution in [3.8, 4) is 0 Å². The van der Waals surface area contributed by atoms with Gasteiger partial charge in [-0.2, -0.15) is 0 Å². The highest BCUT2D eigenvalue weighted by Crippen LogP contribution is 2.38. The van der Waals surface area contributed by atoms with Crippen LogP contribution in [0.5, 0.6) is 0 Å². The number of fused-ring (bicyclic) bond motifs is 1. The summed E-state index contributed by atoms with van der Waals surface area (Å²) in [4.78, 5) is 28.1. The zero-order valence-electron chi connectivity index (χ0n) is 17.5. The molecule has 0 bridgehead atoms. The number of carbonyl (C=O) groups is 2. The van der Waals surface area contributed by atoms with Crippen molar-refractivity contribution in [3.05, 3.63) is 64.1 Å². The summed E-state index contributed by atoms with van der Waals surface area (Å²) in [6.45, 7) is 2.70. The maximum Gasteiger partial charge on any atom is 0.230 e. The van der Waals surface area contributed by atoms with Crippen LogP contribution in [-0.2, 0) is 16.0 Å². The lowest BCUT2D eigenvalue weighted by atomic mass is 9.87. The van der Waals surface area contributed by atoms with E-state index >= 15 is 0 Å². The van der Waals surface area contributed by atoms with E-state index in [9.17, 15) is 9.59 Å². The van der Waals surface area contributed by atoms with Crippen molar-refractivity contribution >= 4 is 33.4 Å². The van der Waals surface area contributed by atoms with Crippen LogP contribution < -0.4 is 10.6 Å². The van der Waals surface area contributed by atoms with E-state index in [1.807, 2.05) is 24.3 Å². The Bertz CT molecular complexity index is 990. The molecule has 0 aromatic heterocycles. The average Bonchev–Trinajstić information content (AvgIpc) is 3.51. The molecule has 2 aromatic carbocycles. The molecule has 5 rings (SSSR count). The largest absolute Gasteiger partial charge is 0.339 e. The first-order valence-corrected chi connectivity index (χ1v) is 12.0. The lowest BCUT2D eigenvalue weighted by molar-refractivity contribution is -0.136. The number of para-hydroxylation sites is 1. The number of anilines is 1. The van der Waals surface area contributed by atoms with Gasteiger partial charge < -0.3 is 15.5 Å². The van der Waals surface area contributed by atoms with E-state index < -0.39 is 0 Å². The summed E-state index contributed by atoms with van der Waals surface area (Å²) < 4.78 is 1.11. The van der Waals surface area contributed by atoms with Gasteiger partial charge in [-0.1, -0.05) is 46.3 Å². The molecule has 1 saturated heterocycles. The lowest BCUT2D eigenvalue weighted by Gasteiger charge is -2.33. The molecule has 2 fully saturated rings. The van der Waals surface area contributed by atoms with Gasteiger partial charge in [0.25, 0.3) is 0 Å². The first kappa shape index (κ1) is 20.7. The van der Waals surface area contributed by atoms with Crippen molar-refractivity contribution in [2.75, 3.05) is 25.0 Å². The van der Waals surface area contributed by atoms with E-state index in [-0.39, 0.29) is 24.2 Å². The van der Waals surface area contributed by atoms with Crippen molar-refractivity contribution in [2.45, 2.75) is 37.6 Å². The van der Waals surface area contributed by atoms with E-state index in [0.29, 0.717) is 17.9 Å². The van der Waals surface area contributed by atoms with Crippen molar-refractivity contribution in [2.24, 2.45) is 11.8 Å². The second-order valence-electron chi connectivity index (χ2n) is 9.13. The van der Waals surface area contributed by atoms with Crippen LogP contribution in [-0.4, -0.2) is 42.4 Å². The van der Waals surface area contributed by atoms with E-state index in [4.69, 9.17) is 0 Å². The highest BCUT2D eigenvalue weighted by Gasteiger charge is 2.41. The number of halogens is 1. The standard InChI is InChI=1S/C25H28BrN3O2/c26-19-5-3-4-16(11-19)10-17-13-27-14-18(17)15-29(20-8-9-20)25(31)22-12-24(30)28-23-7-2-1-6-21(22)23/h1-7,11,17-18,20,22,27H,8-10,12-15H2,(H,28,30)/t17-,18+,22-/m1/s1. The molecule has 5 nitrogen and oxygen atoms in total. The number of hydrogen-bond acceptors (Lipinski definition) is 3. The number of nitrogens with one attached hydrogen (secondary N) is 2. The zero-order chi connectivity index (χ0) is 21.4. The SMILES string of the molecule is O=C1C[C@@H](C(=O)N(C[C@@H]2CNC[C@H]2Cc2cccc(Br)c2)C2CC2)c2ccccc2N1. The minimum Gasteiger partial charge on any atom is -0.339 e. The first-order chi connectivity index (χ1) is 15.1. The number of rotatable bonds is 6. The van der Waals surface area contributed by atoms with Crippen LogP contribution in [0.1, 0.15) is 36.3 Å². The Balaban J connectivity index is 1.33. The molecule has 0 spiro atoms. The number of amides is 2. The molecule has 6 heteroatoms. The Labute approximate surface area is 191 Å². The van der Waals surface area contributed by atoms with Gasteiger partial charge in [-0.3, -0.25) is 9.59 Å². The molecule has 3 aliphatic rings.